The topological polar surface area (TPSA) is 84.0 Å². The number of hydrogen-bond acceptors (Lipinski definition) is 4. The number of amides is 1. The van der Waals surface area contributed by atoms with Gasteiger partial charge in [-0.15, -0.1) is 24.0 Å². The van der Waals surface area contributed by atoms with Gasteiger partial charge in [-0.25, -0.2) is 4.99 Å². The molecule has 2 aromatic carbocycles. The van der Waals surface area contributed by atoms with Crippen molar-refractivity contribution >= 4 is 47.2 Å². The van der Waals surface area contributed by atoms with Crippen LogP contribution in [0.1, 0.15) is 26.3 Å². The first-order valence-electron chi connectivity index (χ1n) is 9.28. The standard InChI is InChI=1S/C21H28N4O3.HI/c1-5-22-21(23-14-16-8-7-9-17(12-16)24-15(3)26)25-18-10-11-19(28-6-2)20(13-18)27-4;/h7-13H,5-6,14H2,1-4H3,(H,24,26)(H2,22,23,25);1H. The van der Waals surface area contributed by atoms with E-state index in [0.29, 0.717) is 30.6 Å². The van der Waals surface area contributed by atoms with Gasteiger partial charge in [0.1, 0.15) is 0 Å². The van der Waals surface area contributed by atoms with E-state index in [2.05, 4.69) is 20.9 Å². The van der Waals surface area contributed by atoms with E-state index in [4.69, 9.17) is 9.47 Å². The molecular formula is C21H29IN4O3. The minimum atomic E-state index is -0.0971. The molecule has 3 N–H and O–H groups in total. The summed E-state index contributed by atoms with van der Waals surface area (Å²) in [6.45, 7) is 7.20. The van der Waals surface area contributed by atoms with Crippen LogP contribution in [0.4, 0.5) is 11.4 Å². The SMILES string of the molecule is CCNC(=NCc1cccc(NC(C)=O)c1)Nc1ccc(OCC)c(OC)c1.I. The molecule has 1 amide bonds. The third-order valence-corrected chi connectivity index (χ3v) is 3.74. The minimum Gasteiger partial charge on any atom is -0.493 e. The summed E-state index contributed by atoms with van der Waals surface area (Å²) >= 11 is 0. The fourth-order valence-electron chi connectivity index (χ4n) is 2.58. The predicted octanol–water partition coefficient (Wildman–Crippen LogP) is 4.25. The highest BCUT2D eigenvalue weighted by Gasteiger charge is 2.07. The average molecular weight is 512 g/mol. The lowest BCUT2D eigenvalue weighted by Gasteiger charge is -2.14. The Morgan fingerprint density at radius 1 is 1.03 bits per heavy atom. The Hall–Kier alpha value is -2.49. The van der Waals surface area contributed by atoms with Gasteiger partial charge >= 0.3 is 0 Å². The van der Waals surface area contributed by atoms with Crippen molar-refractivity contribution in [3.05, 3.63) is 48.0 Å². The zero-order valence-electron chi connectivity index (χ0n) is 17.2. The molecule has 2 rings (SSSR count). The highest BCUT2D eigenvalue weighted by Crippen LogP contribution is 2.30. The van der Waals surface area contributed by atoms with Crippen LogP contribution in [0.15, 0.2) is 47.5 Å². The summed E-state index contributed by atoms with van der Waals surface area (Å²) in [5, 5.41) is 9.28. The second kappa shape index (κ2) is 12.9. The number of carbonyl (C=O) groups excluding carboxylic acids is 1. The zero-order valence-corrected chi connectivity index (χ0v) is 19.6. The van der Waals surface area contributed by atoms with Gasteiger partial charge in [0.15, 0.2) is 17.5 Å². The number of rotatable bonds is 8. The number of nitrogens with one attached hydrogen (secondary N) is 3. The van der Waals surface area contributed by atoms with Crippen molar-refractivity contribution in [2.24, 2.45) is 4.99 Å². The molecule has 0 saturated heterocycles. The van der Waals surface area contributed by atoms with Crippen molar-refractivity contribution in [2.75, 3.05) is 30.9 Å². The summed E-state index contributed by atoms with van der Waals surface area (Å²) in [5.74, 6) is 1.91. The number of methoxy groups -OCH3 is 1. The number of guanidine groups is 1. The maximum Gasteiger partial charge on any atom is 0.221 e. The van der Waals surface area contributed by atoms with Crippen molar-refractivity contribution in [2.45, 2.75) is 27.3 Å². The first-order valence-corrected chi connectivity index (χ1v) is 9.28. The lowest BCUT2D eigenvalue weighted by Crippen LogP contribution is -2.30. The van der Waals surface area contributed by atoms with Crippen LogP contribution in [0.25, 0.3) is 0 Å². The molecule has 0 aliphatic rings. The van der Waals surface area contributed by atoms with Crippen LogP contribution in [0, 0.1) is 0 Å². The summed E-state index contributed by atoms with van der Waals surface area (Å²) < 4.78 is 10.9. The number of carbonyl (C=O) groups is 1. The first-order chi connectivity index (χ1) is 13.5. The molecule has 8 heteroatoms. The molecule has 0 atom stereocenters. The fraction of sp³-hybridized carbons (Fsp3) is 0.333. The molecule has 0 fully saturated rings. The molecule has 0 heterocycles. The van der Waals surface area contributed by atoms with Crippen LogP contribution >= 0.6 is 24.0 Å². The van der Waals surface area contributed by atoms with E-state index in [0.717, 1.165) is 23.5 Å². The number of halogens is 1. The first kappa shape index (κ1) is 24.5. The Bertz CT molecular complexity index is 827. The van der Waals surface area contributed by atoms with Gasteiger partial charge in [0.2, 0.25) is 5.91 Å². The van der Waals surface area contributed by atoms with Crippen LogP contribution in [-0.2, 0) is 11.3 Å². The van der Waals surface area contributed by atoms with E-state index in [9.17, 15) is 4.79 Å². The van der Waals surface area contributed by atoms with Gasteiger partial charge in [-0.3, -0.25) is 4.79 Å². The summed E-state index contributed by atoms with van der Waals surface area (Å²) in [7, 11) is 1.61. The molecular weight excluding hydrogens is 483 g/mol. The lowest BCUT2D eigenvalue weighted by atomic mass is 10.2. The van der Waals surface area contributed by atoms with Gasteiger partial charge in [0.25, 0.3) is 0 Å². The second-order valence-corrected chi connectivity index (χ2v) is 6.00. The molecule has 0 spiro atoms. The highest BCUT2D eigenvalue weighted by molar-refractivity contribution is 14.0. The number of benzene rings is 2. The fourth-order valence-corrected chi connectivity index (χ4v) is 2.58. The van der Waals surface area contributed by atoms with Gasteiger partial charge in [-0.2, -0.15) is 0 Å². The third kappa shape index (κ3) is 8.18. The molecule has 29 heavy (non-hydrogen) atoms. The third-order valence-electron chi connectivity index (χ3n) is 3.74. The van der Waals surface area contributed by atoms with Crippen molar-refractivity contribution < 1.29 is 14.3 Å². The molecule has 0 aliphatic carbocycles. The van der Waals surface area contributed by atoms with E-state index < -0.39 is 0 Å². The van der Waals surface area contributed by atoms with Crippen molar-refractivity contribution in [1.82, 2.24) is 5.32 Å². The van der Waals surface area contributed by atoms with E-state index in [1.807, 2.05) is 56.3 Å². The largest absolute Gasteiger partial charge is 0.493 e. The molecule has 2 aromatic rings. The van der Waals surface area contributed by atoms with E-state index in [-0.39, 0.29) is 29.9 Å². The highest BCUT2D eigenvalue weighted by atomic mass is 127. The quantitative estimate of drug-likeness (QED) is 0.280. The van der Waals surface area contributed by atoms with Crippen molar-refractivity contribution in [3.8, 4) is 11.5 Å². The van der Waals surface area contributed by atoms with Gasteiger partial charge < -0.3 is 25.4 Å². The number of anilines is 2. The molecule has 7 nitrogen and oxygen atoms in total. The Labute approximate surface area is 189 Å². The maximum atomic E-state index is 11.2. The smallest absolute Gasteiger partial charge is 0.221 e. The van der Waals surface area contributed by atoms with E-state index in [1.165, 1.54) is 6.92 Å². The van der Waals surface area contributed by atoms with Crippen LogP contribution in [0.2, 0.25) is 0 Å². The predicted molar refractivity (Wildman–Crippen MR) is 129 cm³/mol. The minimum absolute atomic E-state index is 0. The van der Waals surface area contributed by atoms with E-state index in [1.54, 1.807) is 7.11 Å². The number of nitrogens with zero attached hydrogens (tertiary/aromatic N) is 1. The van der Waals surface area contributed by atoms with Crippen LogP contribution < -0.4 is 25.4 Å². The Kier molecular flexibility index (Phi) is 10.9. The molecule has 0 saturated carbocycles. The Morgan fingerprint density at radius 3 is 2.45 bits per heavy atom. The molecule has 158 valence electrons. The summed E-state index contributed by atoms with van der Waals surface area (Å²) in [4.78, 5) is 15.8. The molecule has 0 aromatic heterocycles. The van der Waals surface area contributed by atoms with Crippen molar-refractivity contribution in [1.29, 1.82) is 0 Å². The van der Waals surface area contributed by atoms with E-state index >= 15 is 0 Å². The number of aliphatic imine (C=N–C) groups is 1. The number of hydrogen-bond donors (Lipinski definition) is 3. The van der Waals surface area contributed by atoms with Crippen LogP contribution in [-0.4, -0.2) is 32.1 Å². The number of ether oxygens (including phenoxy) is 2. The average Bonchev–Trinajstić information content (AvgIpc) is 2.67. The normalized spacial score (nSPS) is 10.6. The molecule has 0 radical (unpaired) electrons. The van der Waals surface area contributed by atoms with Crippen molar-refractivity contribution in [3.63, 3.8) is 0 Å². The Morgan fingerprint density at radius 2 is 1.79 bits per heavy atom. The summed E-state index contributed by atoms with van der Waals surface area (Å²) in [5.41, 5.74) is 2.59. The van der Waals surface area contributed by atoms with Crippen LogP contribution in [0.5, 0.6) is 11.5 Å². The maximum absolute atomic E-state index is 11.2. The molecule has 0 unspecified atom stereocenters. The monoisotopic (exact) mass is 512 g/mol. The molecule has 0 aliphatic heterocycles. The zero-order chi connectivity index (χ0) is 20.4. The lowest BCUT2D eigenvalue weighted by molar-refractivity contribution is -0.114. The van der Waals surface area contributed by atoms with Gasteiger partial charge in [0.05, 0.1) is 20.3 Å². The Balaban J connectivity index is 0.00000420. The second-order valence-electron chi connectivity index (χ2n) is 6.00. The van der Waals surface area contributed by atoms with Gasteiger partial charge in [0, 0.05) is 30.9 Å². The summed E-state index contributed by atoms with van der Waals surface area (Å²) in [6.07, 6.45) is 0. The summed E-state index contributed by atoms with van der Waals surface area (Å²) in [6, 6.07) is 13.3. The van der Waals surface area contributed by atoms with Gasteiger partial charge in [-0.05, 0) is 43.7 Å². The van der Waals surface area contributed by atoms with Crippen LogP contribution in [0.3, 0.4) is 0 Å². The molecule has 0 bridgehead atoms. The van der Waals surface area contributed by atoms with Gasteiger partial charge in [-0.1, -0.05) is 12.1 Å².